The molecule has 2 aromatic heterocycles. The molecule has 0 radical (unpaired) electrons. The van der Waals surface area contributed by atoms with Crippen LogP contribution in [0.15, 0.2) is 17.6 Å². The van der Waals surface area contributed by atoms with Crippen molar-refractivity contribution in [2.75, 3.05) is 0 Å². The van der Waals surface area contributed by atoms with Crippen LogP contribution in [-0.2, 0) is 7.05 Å². The Morgan fingerprint density at radius 2 is 2.36 bits per heavy atom. The van der Waals surface area contributed by atoms with Gasteiger partial charge in [-0.15, -0.1) is 16.4 Å². The third-order valence-electron chi connectivity index (χ3n) is 2.25. The van der Waals surface area contributed by atoms with Crippen molar-refractivity contribution in [2.45, 2.75) is 13.0 Å². The Bertz CT molecular complexity index is 391. The topological polar surface area (TPSA) is 56.7 Å². The molecule has 14 heavy (non-hydrogen) atoms. The molecular weight excluding hydrogens is 196 g/mol. The van der Waals surface area contributed by atoms with Crippen LogP contribution < -0.4 is 5.73 Å². The van der Waals surface area contributed by atoms with E-state index in [9.17, 15) is 0 Å². The van der Waals surface area contributed by atoms with E-state index in [-0.39, 0.29) is 6.04 Å². The second-order valence-corrected chi connectivity index (χ2v) is 4.18. The quantitative estimate of drug-likeness (QED) is 0.807. The van der Waals surface area contributed by atoms with E-state index >= 15 is 0 Å². The van der Waals surface area contributed by atoms with Crippen LogP contribution in [-0.4, -0.2) is 15.0 Å². The highest BCUT2D eigenvalue weighted by Gasteiger charge is 2.16. The number of thiophene rings is 1. The summed E-state index contributed by atoms with van der Waals surface area (Å²) in [6, 6.07) is 1.96. The van der Waals surface area contributed by atoms with E-state index in [1.807, 2.05) is 12.4 Å². The summed E-state index contributed by atoms with van der Waals surface area (Å²) >= 11 is 1.67. The lowest BCUT2D eigenvalue weighted by molar-refractivity contribution is 0.653. The zero-order valence-electron chi connectivity index (χ0n) is 8.14. The molecule has 0 aliphatic carbocycles. The largest absolute Gasteiger partial charge is 0.318 e. The van der Waals surface area contributed by atoms with Gasteiger partial charge in [-0.1, -0.05) is 5.21 Å². The SMILES string of the molecule is Cc1ccsc1C(N)c1cnnn1C. The van der Waals surface area contributed by atoms with Gasteiger partial charge >= 0.3 is 0 Å². The van der Waals surface area contributed by atoms with Gasteiger partial charge in [-0.25, -0.2) is 0 Å². The van der Waals surface area contributed by atoms with Crippen molar-refractivity contribution in [2.24, 2.45) is 12.8 Å². The average Bonchev–Trinajstić information content (AvgIpc) is 2.73. The molecule has 0 saturated carbocycles. The first kappa shape index (κ1) is 9.36. The van der Waals surface area contributed by atoms with E-state index in [1.165, 1.54) is 10.4 Å². The molecule has 0 fully saturated rings. The highest BCUT2D eigenvalue weighted by Crippen LogP contribution is 2.26. The predicted octanol–water partition coefficient (Wildman–Crippen LogP) is 1.23. The molecule has 74 valence electrons. The third-order valence-corrected chi connectivity index (χ3v) is 3.35. The number of nitrogens with zero attached hydrogens (tertiary/aromatic N) is 3. The zero-order chi connectivity index (χ0) is 10.1. The number of nitrogens with two attached hydrogens (primary N) is 1. The van der Waals surface area contributed by atoms with Gasteiger partial charge in [-0.05, 0) is 23.9 Å². The van der Waals surface area contributed by atoms with Gasteiger partial charge in [-0.3, -0.25) is 4.68 Å². The van der Waals surface area contributed by atoms with Crippen LogP contribution in [0.1, 0.15) is 22.2 Å². The normalized spacial score (nSPS) is 13.1. The van der Waals surface area contributed by atoms with Crippen LogP contribution >= 0.6 is 11.3 Å². The predicted molar refractivity (Wildman–Crippen MR) is 56.1 cm³/mol. The molecule has 0 bridgehead atoms. The number of rotatable bonds is 2. The average molecular weight is 208 g/mol. The molecule has 0 amide bonds. The fourth-order valence-electron chi connectivity index (χ4n) is 1.42. The summed E-state index contributed by atoms with van der Waals surface area (Å²) in [4.78, 5) is 1.18. The van der Waals surface area contributed by atoms with E-state index in [2.05, 4.69) is 23.3 Å². The number of hydrogen-bond acceptors (Lipinski definition) is 4. The maximum atomic E-state index is 6.12. The van der Waals surface area contributed by atoms with E-state index < -0.39 is 0 Å². The van der Waals surface area contributed by atoms with Crippen LogP contribution in [0.4, 0.5) is 0 Å². The summed E-state index contributed by atoms with van der Waals surface area (Å²) < 4.78 is 1.71. The van der Waals surface area contributed by atoms with Crippen molar-refractivity contribution in [3.05, 3.63) is 33.8 Å². The maximum Gasteiger partial charge on any atom is 0.0835 e. The Hall–Kier alpha value is -1.20. The Morgan fingerprint density at radius 1 is 1.57 bits per heavy atom. The van der Waals surface area contributed by atoms with Crippen LogP contribution in [0.5, 0.6) is 0 Å². The minimum atomic E-state index is -0.116. The second-order valence-electron chi connectivity index (χ2n) is 3.23. The summed E-state index contributed by atoms with van der Waals surface area (Å²) in [5, 5.41) is 9.74. The van der Waals surface area contributed by atoms with E-state index in [4.69, 9.17) is 5.73 Å². The van der Waals surface area contributed by atoms with Crippen molar-refractivity contribution in [3.63, 3.8) is 0 Å². The van der Waals surface area contributed by atoms with Gasteiger partial charge in [0.05, 0.1) is 17.9 Å². The molecule has 5 heteroatoms. The van der Waals surface area contributed by atoms with Crippen molar-refractivity contribution in [3.8, 4) is 0 Å². The molecule has 2 heterocycles. The first-order valence-corrected chi connectivity index (χ1v) is 5.22. The van der Waals surface area contributed by atoms with Gasteiger partial charge in [0, 0.05) is 11.9 Å². The highest BCUT2D eigenvalue weighted by molar-refractivity contribution is 7.10. The molecule has 1 atom stereocenters. The number of aryl methyl sites for hydroxylation is 2. The van der Waals surface area contributed by atoms with E-state index in [0.717, 1.165) is 5.69 Å². The van der Waals surface area contributed by atoms with Gasteiger partial charge < -0.3 is 5.73 Å². The maximum absolute atomic E-state index is 6.12. The molecule has 2 N–H and O–H groups in total. The lowest BCUT2D eigenvalue weighted by Gasteiger charge is -2.10. The van der Waals surface area contributed by atoms with Gasteiger partial charge in [0.25, 0.3) is 0 Å². The molecule has 0 aliphatic rings. The highest BCUT2D eigenvalue weighted by atomic mass is 32.1. The van der Waals surface area contributed by atoms with Crippen molar-refractivity contribution >= 4 is 11.3 Å². The standard InChI is InChI=1S/C9H12N4S/c1-6-3-4-14-9(6)8(10)7-5-11-12-13(7)2/h3-5,8H,10H2,1-2H3. The molecule has 0 spiro atoms. The Labute approximate surface area is 86.4 Å². The summed E-state index contributed by atoms with van der Waals surface area (Å²) in [6.45, 7) is 2.06. The Balaban J connectivity index is 2.38. The molecular formula is C9H12N4S. The molecule has 0 aromatic carbocycles. The number of hydrogen-bond donors (Lipinski definition) is 1. The molecule has 0 saturated heterocycles. The number of aromatic nitrogens is 3. The lowest BCUT2D eigenvalue weighted by atomic mass is 10.1. The van der Waals surface area contributed by atoms with Crippen LogP contribution in [0.25, 0.3) is 0 Å². The van der Waals surface area contributed by atoms with Crippen molar-refractivity contribution in [1.82, 2.24) is 15.0 Å². The molecule has 1 unspecified atom stereocenters. The van der Waals surface area contributed by atoms with Gasteiger partial charge in [0.1, 0.15) is 0 Å². The fraction of sp³-hybridized carbons (Fsp3) is 0.333. The second kappa shape index (κ2) is 3.51. The van der Waals surface area contributed by atoms with E-state index in [0.29, 0.717) is 0 Å². The molecule has 2 aromatic rings. The first-order chi connectivity index (χ1) is 6.70. The van der Waals surface area contributed by atoms with Crippen LogP contribution in [0.3, 0.4) is 0 Å². The molecule has 4 nitrogen and oxygen atoms in total. The zero-order valence-corrected chi connectivity index (χ0v) is 8.95. The Morgan fingerprint density at radius 3 is 2.86 bits per heavy atom. The van der Waals surface area contributed by atoms with Gasteiger partial charge in [-0.2, -0.15) is 0 Å². The third kappa shape index (κ3) is 1.44. The monoisotopic (exact) mass is 208 g/mol. The summed E-state index contributed by atoms with van der Waals surface area (Å²) in [5.74, 6) is 0. The minimum Gasteiger partial charge on any atom is -0.318 e. The summed E-state index contributed by atoms with van der Waals surface area (Å²) in [5.41, 5.74) is 8.28. The van der Waals surface area contributed by atoms with Crippen LogP contribution in [0, 0.1) is 6.92 Å². The van der Waals surface area contributed by atoms with Crippen molar-refractivity contribution < 1.29 is 0 Å². The van der Waals surface area contributed by atoms with Crippen LogP contribution in [0.2, 0.25) is 0 Å². The molecule has 2 rings (SSSR count). The lowest BCUT2D eigenvalue weighted by Crippen LogP contribution is -2.15. The van der Waals surface area contributed by atoms with Gasteiger partial charge in [0.15, 0.2) is 0 Å². The fourth-order valence-corrected chi connectivity index (χ4v) is 2.36. The summed E-state index contributed by atoms with van der Waals surface area (Å²) in [7, 11) is 1.85. The smallest absolute Gasteiger partial charge is 0.0835 e. The van der Waals surface area contributed by atoms with Gasteiger partial charge in [0.2, 0.25) is 0 Å². The van der Waals surface area contributed by atoms with E-state index in [1.54, 1.807) is 22.2 Å². The first-order valence-electron chi connectivity index (χ1n) is 4.34. The Kier molecular flexibility index (Phi) is 2.35. The summed E-state index contributed by atoms with van der Waals surface area (Å²) in [6.07, 6.45) is 1.71. The van der Waals surface area contributed by atoms with Crippen molar-refractivity contribution in [1.29, 1.82) is 0 Å². The molecule has 0 aliphatic heterocycles. The minimum absolute atomic E-state index is 0.116.